The SMILES string of the molecule is CCCC(CC1CC(=O)c2c(C)c(CCC(C)CC)cc(C(C)C)c2C1)C(CC)C(=O)CC(C)=O. The monoisotopic (exact) mass is 482 g/mol. The van der Waals surface area contributed by atoms with Crippen molar-refractivity contribution in [3.8, 4) is 0 Å². The predicted octanol–water partition coefficient (Wildman–Crippen LogP) is 8.22. The Hall–Kier alpha value is -1.77. The van der Waals surface area contributed by atoms with Crippen LogP contribution in [0.15, 0.2) is 6.07 Å². The second-order valence-corrected chi connectivity index (χ2v) is 11.7. The molecule has 1 aromatic rings. The largest absolute Gasteiger partial charge is 0.300 e. The number of carbonyl (C=O) groups excluding carboxylic acids is 3. The summed E-state index contributed by atoms with van der Waals surface area (Å²) >= 11 is 0. The van der Waals surface area contributed by atoms with Gasteiger partial charge in [0.2, 0.25) is 0 Å². The summed E-state index contributed by atoms with van der Waals surface area (Å²) < 4.78 is 0. The van der Waals surface area contributed by atoms with Crippen molar-refractivity contribution in [3.63, 3.8) is 0 Å². The Bertz CT molecular complexity index is 895. The van der Waals surface area contributed by atoms with Crippen molar-refractivity contribution in [2.75, 3.05) is 0 Å². The first-order valence-electron chi connectivity index (χ1n) is 14.2. The van der Waals surface area contributed by atoms with E-state index in [4.69, 9.17) is 0 Å². The average Bonchev–Trinajstić information content (AvgIpc) is 2.77. The summed E-state index contributed by atoms with van der Waals surface area (Å²) in [5.41, 5.74) is 6.16. The molecule has 3 nitrogen and oxygen atoms in total. The lowest BCUT2D eigenvalue weighted by Gasteiger charge is -2.33. The van der Waals surface area contributed by atoms with Gasteiger partial charge >= 0.3 is 0 Å². The zero-order chi connectivity index (χ0) is 26.3. The van der Waals surface area contributed by atoms with E-state index in [1.807, 2.05) is 0 Å². The van der Waals surface area contributed by atoms with Crippen LogP contribution in [0.25, 0.3) is 0 Å². The van der Waals surface area contributed by atoms with Crippen molar-refractivity contribution < 1.29 is 14.4 Å². The topological polar surface area (TPSA) is 51.2 Å². The van der Waals surface area contributed by atoms with Gasteiger partial charge in [0.15, 0.2) is 5.78 Å². The minimum atomic E-state index is -0.0791. The highest BCUT2D eigenvalue weighted by Gasteiger charge is 2.34. The van der Waals surface area contributed by atoms with Gasteiger partial charge in [0.1, 0.15) is 11.6 Å². The lowest BCUT2D eigenvalue weighted by molar-refractivity contribution is -0.129. The smallest absolute Gasteiger partial charge is 0.163 e. The van der Waals surface area contributed by atoms with Crippen LogP contribution in [-0.4, -0.2) is 17.3 Å². The summed E-state index contributed by atoms with van der Waals surface area (Å²) in [6, 6.07) is 2.39. The highest BCUT2D eigenvalue weighted by atomic mass is 16.1. The van der Waals surface area contributed by atoms with Gasteiger partial charge in [0.25, 0.3) is 0 Å². The van der Waals surface area contributed by atoms with Crippen molar-refractivity contribution in [1.82, 2.24) is 0 Å². The zero-order valence-corrected chi connectivity index (χ0v) is 23.8. The number of rotatable bonds is 14. The average molecular weight is 483 g/mol. The molecule has 0 amide bonds. The molecule has 1 aliphatic rings. The molecular formula is C32H50O3. The first-order valence-corrected chi connectivity index (χ1v) is 14.2. The van der Waals surface area contributed by atoms with Crippen LogP contribution < -0.4 is 0 Å². The Morgan fingerprint density at radius 2 is 1.71 bits per heavy atom. The number of hydrogen-bond acceptors (Lipinski definition) is 3. The van der Waals surface area contributed by atoms with E-state index < -0.39 is 0 Å². The van der Waals surface area contributed by atoms with Crippen LogP contribution in [0.3, 0.4) is 0 Å². The normalized spacial score (nSPS) is 18.3. The molecule has 0 saturated carbocycles. The minimum absolute atomic E-state index is 0.0429. The molecule has 1 aromatic carbocycles. The summed E-state index contributed by atoms with van der Waals surface area (Å²) in [6.07, 6.45) is 8.60. The highest BCUT2D eigenvalue weighted by Crippen LogP contribution is 2.40. The van der Waals surface area contributed by atoms with Gasteiger partial charge in [0.05, 0.1) is 6.42 Å². The predicted molar refractivity (Wildman–Crippen MR) is 146 cm³/mol. The maximum atomic E-state index is 13.6. The summed E-state index contributed by atoms with van der Waals surface area (Å²) in [4.78, 5) is 38.1. The Labute approximate surface area is 214 Å². The van der Waals surface area contributed by atoms with Gasteiger partial charge in [-0.1, -0.05) is 66.9 Å². The third-order valence-corrected chi connectivity index (χ3v) is 8.45. The van der Waals surface area contributed by atoms with E-state index >= 15 is 0 Å². The van der Waals surface area contributed by atoms with Gasteiger partial charge in [-0.15, -0.1) is 0 Å². The highest BCUT2D eigenvalue weighted by molar-refractivity contribution is 6.01. The van der Waals surface area contributed by atoms with Gasteiger partial charge in [-0.2, -0.15) is 0 Å². The molecule has 2 rings (SSSR count). The van der Waals surface area contributed by atoms with E-state index in [9.17, 15) is 14.4 Å². The Kier molecular flexibility index (Phi) is 11.4. The second kappa shape index (κ2) is 13.5. The van der Waals surface area contributed by atoms with Gasteiger partial charge in [-0.05, 0) is 91.9 Å². The molecule has 3 heteroatoms. The van der Waals surface area contributed by atoms with Crippen LogP contribution in [0.2, 0.25) is 0 Å². The third-order valence-electron chi connectivity index (χ3n) is 8.45. The third kappa shape index (κ3) is 7.61. The van der Waals surface area contributed by atoms with Crippen molar-refractivity contribution in [3.05, 3.63) is 33.9 Å². The fourth-order valence-corrected chi connectivity index (χ4v) is 6.27. The van der Waals surface area contributed by atoms with Gasteiger partial charge in [-0.3, -0.25) is 14.4 Å². The van der Waals surface area contributed by atoms with E-state index in [-0.39, 0.29) is 35.7 Å². The molecule has 0 aromatic heterocycles. The van der Waals surface area contributed by atoms with Crippen LogP contribution in [0.1, 0.15) is 138 Å². The molecule has 0 heterocycles. The van der Waals surface area contributed by atoms with E-state index in [0.29, 0.717) is 24.0 Å². The van der Waals surface area contributed by atoms with Crippen LogP contribution in [0, 0.1) is 30.6 Å². The number of fused-ring (bicyclic) bond motifs is 1. The molecule has 0 N–H and O–H groups in total. The van der Waals surface area contributed by atoms with Crippen molar-refractivity contribution in [2.45, 2.75) is 126 Å². The van der Waals surface area contributed by atoms with E-state index in [2.05, 4.69) is 54.5 Å². The fourth-order valence-electron chi connectivity index (χ4n) is 6.27. The Balaban J connectivity index is 2.36. The number of aryl methyl sites for hydroxylation is 1. The van der Waals surface area contributed by atoms with Gasteiger partial charge < -0.3 is 0 Å². The Morgan fingerprint density at radius 1 is 1.03 bits per heavy atom. The molecule has 1 aliphatic carbocycles. The molecular weight excluding hydrogens is 432 g/mol. The molecule has 0 radical (unpaired) electrons. The summed E-state index contributed by atoms with van der Waals surface area (Å²) in [7, 11) is 0. The molecule has 35 heavy (non-hydrogen) atoms. The van der Waals surface area contributed by atoms with Crippen LogP contribution in [0.4, 0.5) is 0 Å². The van der Waals surface area contributed by atoms with E-state index in [0.717, 1.165) is 50.5 Å². The summed E-state index contributed by atoms with van der Waals surface area (Å²) in [5.74, 6) is 1.84. The molecule has 4 unspecified atom stereocenters. The first-order chi connectivity index (χ1) is 16.5. The number of benzene rings is 1. The van der Waals surface area contributed by atoms with Crippen LogP contribution >= 0.6 is 0 Å². The maximum absolute atomic E-state index is 13.6. The number of ketones is 3. The molecule has 0 saturated heterocycles. The second-order valence-electron chi connectivity index (χ2n) is 11.7. The lowest BCUT2D eigenvalue weighted by atomic mass is 9.70. The summed E-state index contributed by atoms with van der Waals surface area (Å²) in [5, 5.41) is 0. The van der Waals surface area contributed by atoms with Crippen molar-refractivity contribution in [1.29, 1.82) is 0 Å². The number of carbonyl (C=O) groups is 3. The van der Waals surface area contributed by atoms with E-state index in [1.54, 1.807) is 0 Å². The lowest BCUT2D eigenvalue weighted by Crippen LogP contribution is -2.30. The molecule has 4 atom stereocenters. The molecule has 0 bridgehead atoms. The fraction of sp³-hybridized carbons (Fsp3) is 0.719. The van der Waals surface area contributed by atoms with Crippen molar-refractivity contribution >= 4 is 17.3 Å². The summed E-state index contributed by atoms with van der Waals surface area (Å²) in [6.45, 7) is 16.9. The first kappa shape index (κ1) is 29.5. The standard InChI is InChI=1S/C32H50O3/c1-9-12-26(27(11-3)30(34)15-22(7)33)16-24-17-29-28(20(4)5)19-25(14-13-21(6)10-2)23(8)32(29)31(35)18-24/h19-21,24,26-27H,9-18H2,1-8H3. The molecule has 0 spiro atoms. The Morgan fingerprint density at radius 3 is 2.26 bits per heavy atom. The zero-order valence-electron chi connectivity index (χ0n) is 23.8. The number of hydrogen-bond donors (Lipinski definition) is 0. The number of Topliss-reactive ketones (excluding diaryl/α,β-unsaturated/α-hetero) is 3. The van der Waals surface area contributed by atoms with Crippen LogP contribution in [0.5, 0.6) is 0 Å². The van der Waals surface area contributed by atoms with Crippen LogP contribution in [-0.2, 0) is 22.4 Å². The molecule has 196 valence electrons. The van der Waals surface area contributed by atoms with Crippen molar-refractivity contribution in [2.24, 2.45) is 23.7 Å². The molecule has 0 fully saturated rings. The van der Waals surface area contributed by atoms with E-state index in [1.165, 1.54) is 35.6 Å². The quantitative estimate of drug-likeness (QED) is 0.251. The van der Waals surface area contributed by atoms with Gasteiger partial charge in [0, 0.05) is 17.9 Å². The maximum Gasteiger partial charge on any atom is 0.163 e. The molecule has 0 aliphatic heterocycles. The minimum Gasteiger partial charge on any atom is -0.300 e. The van der Waals surface area contributed by atoms with Gasteiger partial charge in [-0.25, -0.2) is 0 Å².